The molecule has 19 heavy (non-hydrogen) atoms. The summed E-state index contributed by atoms with van der Waals surface area (Å²) in [7, 11) is 1.51. The Balaban J connectivity index is 2.70. The van der Waals surface area contributed by atoms with Gasteiger partial charge in [0, 0.05) is 16.0 Å². The molecule has 98 valence electrons. The Bertz CT molecular complexity index is 643. The monoisotopic (exact) mass is 276 g/mol. The largest absolute Gasteiger partial charge is 0.497 e. The molecule has 0 radical (unpaired) electrons. The lowest BCUT2D eigenvalue weighted by Crippen LogP contribution is -2.00. The van der Waals surface area contributed by atoms with Crippen molar-refractivity contribution in [2.75, 3.05) is 7.11 Å². The average Bonchev–Trinajstić information content (AvgIpc) is 2.79. The van der Waals surface area contributed by atoms with E-state index in [2.05, 4.69) is 0 Å². The van der Waals surface area contributed by atoms with Crippen molar-refractivity contribution < 1.29 is 19.4 Å². The number of methoxy groups -OCH3 is 1. The van der Waals surface area contributed by atoms with Crippen LogP contribution in [0.5, 0.6) is 5.75 Å². The Morgan fingerprint density at radius 3 is 2.63 bits per heavy atom. The molecule has 0 fully saturated rings. The molecule has 1 heterocycles. The van der Waals surface area contributed by atoms with E-state index in [1.54, 1.807) is 12.1 Å². The second-order valence-electron chi connectivity index (χ2n) is 3.97. The lowest BCUT2D eigenvalue weighted by molar-refractivity contribution is 0.0697. The van der Waals surface area contributed by atoms with E-state index >= 15 is 0 Å². The molecular weight excluding hydrogens is 264 g/mol. The number of aromatic carboxylic acids is 1. The number of carboxylic acid groups (broad SMARTS) is 1. The highest BCUT2D eigenvalue weighted by molar-refractivity contribution is 7.14. The summed E-state index contributed by atoms with van der Waals surface area (Å²) in [5.41, 5.74) is 1.29. The van der Waals surface area contributed by atoms with Gasteiger partial charge in [-0.1, -0.05) is 0 Å². The van der Waals surface area contributed by atoms with E-state index in [1.165, 1.54) is 24.5 Å². The zero-order valence-corrected chi connectivity index (χ0v) is 11.3. The first-order chi connectivity index (χ1) is 9.06. The second-order valence-corrected chi connectivity index (χ2v) is 5.26. The second kappa shape index (κ2) is 5.24. The Labute approximate surface area is 114 Å². The van der Waals surface area contributed by atoms with Gasteiger partial charge < -0.3 is 9.84 Å². The lowest BCUT2D eigenvalue weighted by atomic mass is 9.99. The minimum absolute atomic E-state index is 0.154. The minimum Gasteiger partial charge on any atom is -0.497 e. The van der Waals surface area contributed by atoms with Crippen molar-refractivity contribution in [3.8, 4) is 16.9 Å². The van der Waals surface area contributed by atoms with Crippen molar-refractivity contribution in [1.82, 2.24) is 0 Å². The van der Waals surface area contributed by atoms with E-state index in [0.29, 0.717) is 21.8 Å². The van der Waals surface area contributed by atoms with Crippen LogP contribution < -0.4 is 4.74 Å². The van der Waals surface area contributed by atoms with Crippen molar-refractivity contribution in [1.29, 1.82) is 0 Å². The minimum atomic E-state index is -1.03. The molecule has 0 unspecified atom stereocenters. The molecule has 1 N–H and O–H groups in total. The SMILES string of the molecule is COc1ccc(C(=O)O)c(-c2cc(C)sc2C=O)c1. The van der Waals surface area contributed by atoms with Gasteiger partial charge in [0.05, 0.1) is 17.6 Å². The fourth-order valence-corrected chi connectivity index (χ4v) is 2.74. The Hall–Kier alpha value is -2.14. The molecule has 0 bridgehead atoms. The molecule has 0 amide bonds. The van der Waals surface area contributed by atoms with Crippen molar-refractivity contribution >= 4 is 23.6 Å². The van der Waals surface area contributed by atoms with Crippen LogP contribution in [0.3, 0.4) is 0 Å². The summed E-state index contributed by atoms with van der Waals surface area (Å²) in [4.78, 5) is 23.8. The number of thiophene rings is 1. The molecular formula is C14H12O4S. The first-order valence-electron chi connectivity index (χ1n) is 5.54. The first kappa shape index (κ1) is 13.3. The predicted octanol–water partition coefficient (Wildman–Crippen LogP) is 3.24. The molecule has 5 heteroatoms. The number of hydrogen-bond acceptors (Lipinski definition) is 4. The summed E-state index contributed by atoms with van der Waals surface area (Å²) >= 11 is 1.34. The summed E-state index contributed by atoms with van der Waals surface area (Å²) in [6.45, 7) is 1.88. The molecule has 1 aromatic carbocycles. The van der Waals surface area contributed by atoms with Crippen molar-refractivity contribution in [3.63, 3.8) is 0 Å². The highest BCUT2D eigenvalue weighted by Crippen LogP contribution is 2.34. The third kappa shape index (κ3) is 2.51. The van der Waals surface area contributed by atoms with Gasteiger partial charge in [0.25, 0.3) is 0 Å². The zero-order valence-electron chi connectivity index (χ0n) is 10.5. The molecule has 2 rings (SSSR count). The highest BCUT2D eigenvalue weighted by atomic mass is 32.1. The van der Waals surface area contributed by atoms with Crippen molar-refractivity contribution in [3.05, 3.63) is 39.6 Å². The van der Waals surface area contributed by atoms with Gasteiger partial charge in [-0.2, -0.15) is 0 Å². The van der Waals surface area contributed by atoms with Gasteiger partial charge in [0.1, 0.15) is 5.75 Å². The summed E-state index contributed by atoms with van der Waals surface area (Å²) in [5, 5.41) is 9.24. The highest BCUT2D eigenvalue weighted by Gasteiger charge is 2.17. The number of aryl methyl sites for hydroxylation is 1. The predicted molar refractivity (Wildman–Crippen MR) is 73.4 cm³/mol. The summed E-state index contributed by atoms with van der Waals surface area (Å²) in [6, 6.07) is 6.53. The fourth-order valence-electron chi connectivity index (χ4n) is 1.89. The van der Waals surface area contributed by atoms with E-state index < -0.39 is 5.97 Å². The maximum Gasteiger partial charge on any atom is 0.336 e. The molecule has 1 aromatic heterocycles. The molecule has 0 atom stereocenters. The topological polar surface area (TPSA) is 63.6 Å². The Morgan fingerprint density at radius 1 is 1.32 bits per heavy atom. The van der Waals surface area contributed by atoms with Gasteiger partial charge in [-0.05, 0) is 31.2 Å². The van der Waals surface area contributed by atoms with Crippen LogP contribution in [-0.4, -0.2) is 24.5 Å². The van der Waals surface area contributed by atoms with E-state index in [-0.39, 0.29) is 5.56 Å². The van der Waals surface area contributed by atoms with E-state index in [1.807, 2.05) is 13.0 Å². The van der Waals surface area contributed by atoms with Gasteiger partial charge in [0.15, 0.2) is 6.29 Å². The van der Waals surface area contributed by atoms with Crippen LogP contribution >= 0.6 is 11.3 Å². The van der Waals surface area contributed by atoms with Crippen LogP contribution in [-0.2, 0) is 0 Å². The lowest BCUT2D eigenvalue weighted by Gasteiger charge is -2.08. The van der Waals surface area contributed by atoms with Gasteiger partial charge in [0.2, 0.25) is 0 Å². The fraction of sp³-hybridized carbons (Fsp3) is 0.143. The zero-order chi connectivity index (χ0) is 14.0. The summed E-state index contributed by atoms with van der Waals surface area (Å²) in [6.07, 6.45) is 0.748. The maximum atomic E-state index is 11.3. The van der Waals surface area contributed by atoms with Gasteiger partial charge in [-0.25, -0.2) is 4.79 Å². The molecule has 0 aliphatic carbocycles. The van der Waals surface area contributed by atoms with E-state index in [0.717, 1.165) is 11.2 Å². The van der Waals surface area contributed by atoms with Crippen LogP contribution in [0.4, 0.5) is 0 Å². The number of rotatable bonds is 4. The molecule has 0 saturated heterocycles. The normalized spacial score (nSPS) is 10.2. The molecule has 4 nitrogen and oxygen atoms in total. The molecule has 2 aromatic rings. The first-order valence-corrected chi connectivity index (χ1v) is 6.35. The van der Waals surface area contributed by atoms with E-state index in [4.69, 9.17) is 4.74 Å². The molecule has 0 saturated carbocycles. The average molecular weight is 276 g/mol. The van der Waals surface area contributed by atoms with E-state index in [9.17, 15) is 14.7 Å². The smallest absolute Gasteiger partial charge is 0.336 e. The Kier molecular flexibility index (Phi) is 3.66. The van der Waals surface area contributed by atoms with Crippen molar-refractivity contribution in [2.24, 2.45) is 0 Å². The number of benzene rings is 1. The van der Waals surface area contributed by atoms with Crippen LogP contribution in [0.2, 0.25) is 0 Å². The molecule has 0 spiro atoms. The number of carbonyl (C=O) groups is 2. The number of carbonyl (C=O) groups excluding carboxylic acids is 1. The summed E-state index contributed by atoms with van der Waals surface area (Å²) in [5.74, 6) is -0.473. The van der Waals surface area contributed by atoms with Crippen LogP contribution in [0.25, 0.3) is 11.1 Å². The maximum absolute atomic E-state index is 11.3. The Morgan fingerprint density at radius 2 is 2.05 bits per heavy atom. The van der Waals surface area contributed by atoms with Gasteiger partial charge >= 0.3 is 5.97 Å². The number of carboxylic acids is 1. The third-order valence-electron chi connectivity index (χ3n) is 2.74. The number of ether oxygens (including phenoxy) is 1. The molecule has 0 aliphatic rings. The van der Waals surface area contributed by atoms with Crippen LogP contribution in [0, 0.1) is 6.92 Å². The number of hydrogen-bond donors (Lipinski definition) is 1. The number of aldehydes is 1. The van der Waals surface area contributed by atoms with Crippen molar-refractivity contribution in [2.45, 2.75) is 6.92 Å². The summed E-state index contributed by atoms with van der Waals surface area (Å²) < 4.78 is 5.11. The van der Waals surface area contributed by atoms with Crippen LogP contribution in [0.15, 0.2) is 24.3 Å². The van der Waals surface area contributed by atoms with Gasteiger partial charge in [-0.15, -0.1) is 11.3 Å². The van der Waals surface area contributed by atoms with Crippen LogP contribution in [0.1, 0.15) is 24.9 Å². The third-order valence-corrected chi connectivity index (χ3v) is 3.71. The standard InChI is InChI=1S/C14H12O4S/c1-8-5-12(13(7-15)19-8)11-6-9(18-2)3-4-10(11)14(16)17/h3-7H,1-2H3,(H,16,17). The quantitative estimate of drug-likeness (QED) is 0.871. The molecule has 0 aliphatic heterocycles. The van der Waals surface area contributed by atoms with Gasteiger partial charge in [-0.3, -0.25) is 4.79 Å².